The molecular formula is C18H30N2O5. The van der Waals surface area contributed by atoms with Gasteiger partial charge in [0, 0.05) is 13.1 Å². The number of ether oxygens (including phenoxy) is 1. The number of carboxylic acids is 2. The molecule has 0 heterocycles. The van der Waals surface area contributed by atoms with Gasteiger partial charge in [0.2, 0.25) is 0 Å². The van der Waals surface area contributed by atoms with Crippen LogP contribution in [0.1, 0.15) is 44.6 Å². The molecule has 142 valence electrons. The Labute approximate surface area is 149 Å². The first-order chi connectivity index (χ1) is 11.9. The molecule has 0 aliphatic rings. The molecule has 0 aliphatic carbocycles. The highest BCUT2D eigenvalue weighted by atomic mass is 16.5. The quantitative estimate of drug-likeness (QED) is 0.375. The molecule has 0 fully saturated rings. The summed E-state index contributed by atoms with van der Waals surface area (Å²) >= 11 is 0. The smallest absolute Gasteiger partial charge is 0.414 e. The second kappa shape index (κ2) is 14.2. The third kappa shape index (κ3) is 11.1. The first-order valence-corrected chi connectivity index (χ1v) is 8.52. The van der Waals surface area contributed by atoms with E-state index in [0.717, 1.165) is 44.7 Å². The van der Waals surface area contributed by atoms with Crippen molar-refractivity contribution in [3.8, 4) is 5.75 Å². The molecule has 0 aromatic heterocycles. The number of nitrogens with two attached hydrogens (primary N) is 1. The number of carbonyl (C=O) groups is 2. The molecule has 0 spiro atoms. The van der Waals surface area contributed by atoms with E-state index in [1.165, 1.54) is 5.56 Å². The van der Waals surface area contributed by atoms with E-state index in [4.69, 9.17) is 30.3 Å². The molecule has 1 aromatic carbocycles. The van der Waals surface area contributed by atoms with Gasteiger partial charge in [-0.25, -0.2) is 9.59 Å². The van der Waals surface area contributed by atoms with Gasteiger partial charge in [-0.3, -0.25) is 0 Å². The molecule has 0 saturated heterocycles. The van der Waals surface area contributed by atoms with E-state index in [1.807, 2.05) is 6.07 Å². The predicted molar refractivity (Wildman–Crippen MR) is 97.1 cm³/mol. The van der Waals surface area contributed by atoms with Crippen LogP contribution in [-0.2, 0) is 9.59 Å². The molecule has 7 nitrogen and oxygen atoms in total. The Hall–Kier alpha value is -2.12. The molecule has 5 N–H and O–H groups in total. The van der Waals surface area contributed by atoms with Crippen molar-refractivity contribution in [3.63, 3.8) is 0 Å². The molecule has 1 atom stereocenters. The average molecular weight is 354 g/mol. The molecule has 25 heavy (non-hydrogen) atoms. The van der Waals surface area contributed by atoms with Gasteiger partial charge in [-0.1, -0.05) is 32.0 Å². The maximum absolute atomic E-state index is 9.10. The lowest BCUT2D eigenvalue weighted by molar-refractivity contribution is -0.159. The third-order valence-electron chi connectivity index (χ3n) is 3.57. The van der Waals surface area contributed by atoms with Crippen molar-refractivity contribution in [1.82, 2.24) is 5.32 Å². The minimum atomic E-state index is -1.82. The molecule has 1 aromatic rings. The van der Waals surface area contributed by atoms with Gasteiger partial charge < -0.3 is 26.0 Å². The maximum Gasteiger partial charge on any atom is 0.414 e. The van der Waals surface area contributed by atoms with E-state index in [2.05, 4.69) is 37.4 Å². The molecule has 1 unspecified atom stereocenters. The molecule has 7 heteroatoms. The van der Waals surface area contributed by atoms with Crippen molar-refractivity contribution >= 4 is 11.9 Å². The minimum Gasteiger partial charge on any atom is -0.493 e. The second-order valence-electron chi connectivity index (χ2n) is 5.55. The predicted octanol–water partition coefficient (Wildman–Crippen LogP) is 2.06. The molecule has 0 bridgehead atoms. The van der Waals surface area contributed by atoms with Crippen LogP contribution in [0.3, 0.4) is 0 Å². The summed E-state index contributed by atoms with van der Waals surface area (Å²) in [5, 5.41) is 18.1. The first kappa shape index (κ1) is 22.9. The van der Waals surface area contributed by atoms with Crippen molar-refractivity contribution in [2.24, 2.45) is 5.73 Å². The Bertz CT molecular complexity index is 496. The van der Waals surface area contributed by atoms with E-state index in [1.54, 1.807) is 0 Å². The summed E-state index contributed by atoms with van der Waals surface area (Å²) in [5.74, 6) is -2.04. The van der Waals surface area contributed by atoms with Gasteiger partial charge in [-0.2, -0.15) is 0 Å². The Kier molecular flexibility index (Phi) is 13.0. The number of nitrogens with one attached hydrogen (secondary N) is 1. The number of benzene rings is 1. The number of para-hydroxylation sites is 1. The third-order valence-corrected chi connectivity index (χ3v) is 3.57. The summed E-state index contributed by atoms with van der Waals surface area (Å²) in [6.45, 7) is 7.88. The van der Waals surface area contributed by atoms with Crippen LogP contribution in [0.5, 0.6) is 5.75 Å². The van der Waals surface area contributed by atoms with Crippen LogP contribution in [-0.4, -0.2) is 48.4 Å². The van der Waals surface area contributed by atoms with Crippen LogP contribution in [0.25, 0.3) is 0 Å². The van der Waals surface area contributed by atoms with Crippen molar-refractivity contribution in [1.29, 1.82) is 0 Å². The zero-order chi connectivity index (χ0) is 19.1. The maximum atomic E-state index is 9.10. The first-order valence-electron chi connectivity index (χ1n) is 8.52. The largest absolute Gasteiger partial charge is 0.493 e. The van der Waals surface area contributed by atoms with Gasteiger partial charge in [-0.15, -0.1) is 0 Å². The van der Waals surface area contributed by atoms with Crippen molar-refractivity contribution in [3.05, 3.63) is 29.8 Å². The van der Waals surface area contributed by atoms with E-state index < -0.39 is 11.9 Å². The molecule has 0 saturated carbocycles. The van der Waals surface area contributed by atoms with E-state index >= 15 is 0 Å². The van der Waals surface area contributed by atoms with Gasteiger partial charge in [0.1, 0.15) is 5.75 Å². The monoisotopic (exact) mass is 354 g/mol. The fraction of sp³-hybridized carbons (Fsp3) is 0.556. The Balaban J connectivity index is 0.000000823. The van der Waals surface area contributed by atoms with E-state index in [9.17, 15) is 0 Å². The van der Waals surface area contributed by atoms with Gasteiger partial charge in [0.25, 0.3) is 0 Å². The molecule has 0 radical (unpaired) electrons. The van der Waals surface area contributed by atoms with Crippen molar-refractivity contribution < 1.29 is 24.5 Å². The van der Waals surface area contributed by atoms with Crippen LogP contribution in [0, 0.1) is 0 Å². The molecule has 1 rings (SSSR count). The molecule has 0 aliphatic heterocycles. The molecular weight excluding hydrogens is 324 g/mol. The summed E-state index contributed by atoms with van der Waals surface area (Å²) < 4.78 is 5.91. The number of carboxylic acid groups (broad SMARTS) is 2. The van der Waals surface area contributed by atoms with Crippen LogP contribution in [0.4, 0.5) is 0 Å². The number of rotatable bonds is 10. The summed E-state index contributed by atoms with van der Waals surface area (Å²) in [7, 11) is 0. The van der Waals surface area contributed by atoms with Crippen LogP contribution in [0.15, 0.2) is 24.3 Å². The normalized spacial score (nSPS) is 11.2. The van der Waals surface area contributed by atoms with Gasteiger partial charge in [-0.05, 0) is 43.4 Å². The second-order valence-corrected chi connectivity index (χ2v) is 5.55. The minimum absolute atomic E-state index is 0.558. The zero-order valence-corrected chi connectivity index (χ0v) is 15.0. The van der Waals surface area contributed by atoms with E-state index in [0.29, 0.717) is 12.5 Å². The van der Waals surface area contributed by atoms with Gasteiger partial charge in [0.15, 0.2) is 0 Å². The number of hydrogen-bond acceptors (Lipinski definition) is 5. The Morgan fingerprint density at radius 1 is 1.16 bits per heavy atom. The molecule has 0 amide bonds. The standard InChI is InChI=1S/C16H28N2O.C2H2O4/c1-3-14(2)15-8-4-5-9-16(15)19-13-7-6-11-18-12-10-17;3-1(4)2(5)6/h4-5,8-9,14,18H,3,6-7,10-13,17H2,1-2H3;(H,3,4)(H,5,6). The lowest BCUT2D eigenvalue weighted by atomic mass is 9.98. The van der Waals surface area contributed by atoms with Gasteiger partial charge >= 0.3 is 11.9 Å². The number of aliphatic carboxylic acids is 2. The average Bonchev–Trinajstić information content (AvgIpc) is 2.61. The fourth-order valence-corrected chi connectivity index (χ4v) is 2.00. The highest BCUT2D eigenvalue weighted by Gasteiger charge is 2.08. The lowest BCUT2D eigenvalue weighted by Crippen LogP contribution is -2.23. The summed E-state index contributed by atoms with van der Waals surface area (Å²) in [4.78, 5) is 18.2. The van der Waals surface area contributed by atoms with Crippen LogP contribution in [0.2, 0.25) is 0 Å². The summed E-state index contributed by atoms with van der Waals surface area (Å²) in [5.41, 5.74) is 6.74. The highest BCUT2D eigenvalue weighted by Crippen LogP contribution is 2.28. The SMILES string of the molecule is CCC(C)c1ccccc1OCCCCNCCN.O=C(O)C(=O)O. The number of unbranched alkanes of at least 4 members (excludes halogenated alkanes) is 1. The zero-order valence-electron chi connectivity index (χ0n) is 15.0. The lowest BCUT2D eigenvalue weighted by Gasteiger charge is -2.15. The van der Waals surface area contributed by atoms with Crippen molar-refractivity contribution in [2.45, 2.75) is 39.0 Å². The van der Waals surface area contributed by atoms with Gasteiger partial charge in [0.05, 0.1) is 6.61 Å². The van der Waals surface area contributed by atoms with Crippen molar-refractivity contribution in [2.75, 3.05) is 26.2 Å². The summed E-state index contributed by atoms with van der Waals surface area (Å²) in [6, 6.07) is 8.38. The van der Waals surface area contributed by atoms with Crippen LogP contribution >= 0.6 is 0 Å². The Morgan fingerprint density at radius 2 is 1.80 bits per heavy atom. The number of hydrogen-bond donors (Lipinski definition) is 4. The van der Waals surface area contributed by atoms with E-state index in [-0.39, 0.29) is 0 Å². The topological polar surface area (TPSA) is 122 Å². The van der Waals surface area contributed by atoms with Crippen LogP contribution < -0.4 is 15.8 Å². The highest BCUT2D eigenvalue weighted by molar-refractivity contribution is 6.27. The summed E-state index contributed by atoms with van der Waals surface area (Å²) in [6.07, 6.45) is 3.35. The Morgan fingerprint density at radius 3 is 2.36 bits per heavy atom. The fourth-order valence-electron chi connectivity index (χ4n) is 2.00.